The van der Waals surface area contributed by atoms with Gasteiger partial charge in [0, 0.05) is 45.0 Å². The van der Waals surface area contributed by atoms with E-state index < -0.39 is 0 Å². The topological polar surface area (TPSA) is 6.48 Å². The van der Waals surface area contributed by atoms with Crippen molar-refractivity contribution in [2.45, 2.75) is 340 Å². The van der Waals surface area contributed by atoms with Gasteiger partial charge in [0.05, 0.1) is 11.4 Å². The van der Waals surface area contributed by atoms with Crippen LogP contribution in [0.2, 0.25) is 0 Å². The summed E-state index contributed by atoms with van der Waals surface area (Å²) in [6.07, 6.45) is 0. The van der Waals surface area contributed by atoms with Gasteiger partial charge in [-0.15, -0.1) is 0 Å². The first-order chi connectivity index (χ1) is 55.2. The van der Waals surface area contributed by atoms with E-state index in [9.17, 15) is 0 Å². The molecule has 0 saturated heterocycles. The molecule has 13 rings (SSSR count). The Balaban J connectivity index is 1.35. The maximum absolute atomic E-state index is 2.87. The van der Waals surface area contributed by atoms with Gasteiger partial charge < -0.3 is 9.80 Å². The first kappa shape index (κ1) is 89.8. The van der Waals surface area contributed by atoms with Gasteiger partial charge in [0.15, 0.2) is 0 Å². The average Bonchev–Trinajstić information content (AvgIpc) is 0.680. The van der Waals surface area contributed by atoms with Gasteiger partial charge in [-0.05, 0) is 252 Å². The molecule has 2 nitrogen and oxygen atoms in total. The van der Waals surface area contributed by atoms with Crippen molar-refractivity contribution < 1.29 is 0 Å². The highest BCUT2D eigenvalue weighted by atomic mass is 15.2. The normalized spacial score (nSPS) is 14.2. The van der Waals surface area contributed by atoms with Gasteiger partial charge in [-0.25, -0.2) is 0 Å². The highest BCUT2D eigenvalue weighted by Crippen LogP contribution is 2.59. The molecule has 2 aliphatic rings. The van der Waals surface area contributed by atoms with E-state index in [0.29, 0.717) is 0 Å². The van der Waals surface area contributed by atoms with Crippen LogP contribution in [-0.2, 0) is 70.4 Å². The van der Waals surface area contributed by atoms with E-state index >= 15 is 0 Å². The second-order valence-electron chi connectivity index (χ2n) is 49.9. The maximum atomic E-state index is 2.87. The SMILES string of the molecule is CC(C)(C)c1ccc(-c2cc(C(C)(C)C)cc(-c3c(C(C)(C)C)cccc3C(C)(C)C)c2N2c3cc(-c4cc(C(C)(C)C)cc(C(C)(C)C)c4)ccc3B3c4ccc(-c5cc(C(C)(C)C)cc(C(C)(C)C)c5)cc4N(c4c(-c5ccc(C(C)(C)C)cc5)cc(C(C)(C)C)cc4-c4c(C(C)(C)C)cccc4C(C)(C)C)c4cc(C(C)(C)C)cc2c43)cc1. The molecule has 634 valence electrons. The van der Waals surface area contributed by atoms with E-state index in [1.807, 2.05) is 0 Å². The zero-order chi connectivity index (χ0) is 89.5. The molecule has 0 aromatic heterocycles. The van der Waals surface area contributed by atoms with E-state index in [4.69, 9.17) is 0 Å². The molecule has 0 saturated carbocycles. The minimum absolute atomic E-state index is 0.0750. The number of anilines is 6. The van der Waals surface area contributed by atoms with E-state index in [-0.39, 0.29) is 77.1 Å². The van der Waals surface area contributed by atoms with Crippen LogP contribution in [0.15, 0.2) is 194 Å². The van der Waals surface area contributed by atoms with Crippen LogP contribution in [0.3, 0.4) is 0 Å². The van der Waals surface area contributed by atoms with Gasteiger partial charge in [-0.2, -0.15) is 0 Å². The van der Waals surface area contributed by atoms with E-state index in [1.54, 1.807) is 0 Å². The summed E-state index contributed by atoms with van der Waals surface area (Å²) in [6.45, 7) is 93.6. The molecule has 0 aliphatic carbocycles. The standard InChI is InChI=1S/C118H149BN2/c1-106(2,3)78-52-46-72(47-53-78)87-66-84(112(19,20)21)68-89(101-91(115(28,29)30)42-40-43-92(101)116(31,32)33)104(87)120-97-62-74(76-58-80(108(7,8)9)64-81(59-76)109(10,11)12)50-56-95(97)119-96-57-51-75(77-60-82(110(13,14)15)65-83(61-77)111(16,17)18)63-98(96)121(100-71-86(114(25,26)27)70-99(120)103(100)119)105-88(73-48-54-79(55-49-73)107(4,5)6)67-85(113(22,23)24)69-90(105)102-93(117(34,35)36)44-41-45-94(102)118(37,38)39/h40-71H,1-39H3. The molecule has 0 bridgehead atoms. The molecule has 0 radical (unpaired) electrons. The molecule has 3 heteroatoms. The largest absolute Gasteiger partial charge is 0.310 e. The Morgan fingerprint density at radius 1 is 0.182 bits per heavy atom. The highest BCUT2D eigenvalue weighted by molar-refractivity contribution is 7.00. The first-order valence-corrected chi connectivity index (χ1v) is 45.5. The molecule has 0 spiro atoms. The van der Waals surface area contributed by atoms with Crippen molar-refractivity contribution in [3.63, 3.8) is 0 Å². The van der Waals surface area contributed by atoms with E-state index in [2.05, 4.69) is 474 Å². The van der Waals surface area contributed by atoms with Crippen molar-refractivity contribution >= 4 is 57.2 Å². The van der Waals surface area contributed by atoms with Gasteiger partial charge in [0.1, 0.15) is 0 Å². The fraction of sp³-hybridized carbons (Fsp3) is 0.441. The lowest BCUT2D eigenvalue weighted by Gasteiger charge is -2.47. The van der Waals surface area contributed by atoms with Crippen LogP contribution in [-0.4, -0.2) is 6.71 Å². The summed E-state index contributed by atoms with van der Waals surface area (Å²) in [7, 11) is 0. The van der Waals surface area contributed by atoms with E-state index in [0.717, 1.165) is 0 Å². The summed E-state index contributed by atoms with van der Waals surface area (Å²) in [6, 6.07) is 80.5. The predicted octanol–water partition coefficient (Wildman–Crippen LogP) is 32.6. The van der Waals surface area contributed by atoms with Gasteiger partial charge in [-0.3, -0.25) is 0 Å². The lowest BCUT2D eigenvalue weighted by atomic mass is 9.33. The van der Waals surface area contributed by atoms with Gasteiger partial charge in [-0.1, -0.05) is 416 Å². The van der Waals surface area contributed by atoms with Crippen molar-refractivity contribution in [2.24, 2.45) is 0 Å². The molecular formula is C118H149BN2. The second-order valence-corrected chi connectivity index (χ2v) is 49.9. The molecule has 11 aromatic rings. The molecule has 0 fully saturated rings. The minimum Gasteiger partial charge on any atom is -0.310 e. The molecular weight excluding hydrogens is 1460 g/mol. The average molecular weight is 1610 g/mol. The third-order valence-electron chi connectivity index (χ3n) is 26.4. The van der Waals surface area contributed by atoms with Crippen LogP contribution in [0.5, 0.6) is 0 Å². The number of benzene rings is 11. The first-order valence-electron chi connectivity index (χ1n) is 45.5. The van der Waals surface area contributed by atoms with Gasteiger partial charge in [0.2, 0.25) is 0 Å². The molecule has 11 aromatic carbocycles. The highest BCUT2D eigenvalue weighted by Gasteiger charge is 2.48. The number of hydrogen-bond donors (Lipinski definition) is 0. The number of nitrogens with zero attached hydrogens (tertiary/aromatic N) is 2. The Morgan fingerprint density at radius 2 is 0.413 bits per heavy atom. The number of hydrogen-bond acceptors (Lipinski definition) is 2. The third-order valence-corrected chi connectivity index (χ3v) is 26.4. The number of rotatable bonds is 8. The summed E-state index contributed by atoms with van der Waals surface area (Å²) in [5.74, 6) is 0. The predicted molar refractivity (Wildman–Crippen MR) is 536 cm³/mol. The molecule has 0 amide bonds. The Bertz CT molecular complexity index is 5350. The zero-order valence-electron chi connectivity index (χ0n) is 82.4. The van der Waals surface area contributed by atoms with Crippen LogP contribution in [0, 0.1) is 0 Å². The van der Waals surface area contributed by atoms with Gasteiger partial charge >= 0.3 is 0 Å². The van der Waals surface area contributed by atoms with Crippen molar-refractivity contribution in [3.05, 3.63) is 266 Å². The molecule has 0 N–H and O–H groups in total. The molecule has 121 heavy (non-hydrogen) atoms. The zero-order valence-corrected chi connectivity index (χ0v) is 82.4. The second kappa shape index (κ2) is 29.9. The van der Waals surface area contributed by atoms with Crippen LogP contribution < -0.4 is 26.2 Å². The smallest absolute Gasteiger partial charge is 0.252 e. The molecule has 0 atom stereocenters. The molecule has 0 unspecified atom stereocenters. The lowest BCUT2D eigenvalue weighted by Crippen LogP contribution is -2.61. The van der Waals surface area contributed by atoms with Crippen molar-refractivity contribution in [2.75, 3.05) is 9.80 Å². The minimum atomic E-state index is -0.373. The van der Waals surface area contributed by atoms with Crippen LogP contribution in [0.4, 0.5) is 34.1 Å². The quantitative estimate of drug-likeness (QED) is 0.140. The Morgan fingerprint density at radius 3 is 0.661 bits per heavy atom. The Labute approximate surface area is 735 Å². The summed E-state index contributed by atoms with van der Waals surface area (Å²) in [5, 5.41) is 0. The van der Waals surface area contributed by atoms with Crippen LogP contribution >= 0.6 is 0 Å². The Hall–Kier alpha value is -8.92. The maximum Gasteiger partial charge on any atom is 0.252 e. The molecule has 2 aliphatic heterocycles. The fourth-order valence-corrected chi connectivity index (χ4v) is 18.5. The van der Waals surface area contributed by atoms with Crippen LogP contribution in [0.25, 0.3) is 66.8 Å². The van der Waals surface area contributed by atoms with E-state index in [1.165, 1.54) is 190 Å². The summed E-state index contributed by atoms with van der Waals surface area (Å²) in [4.78, 5) is 5.74. The summed E-state index contributed by atoms with van der Waals surface area (Å²) < 4.78 is 0. The van der Waals surface area contributed by atoms with Crippen molar-refractivity contribution in [3.8, 4) is 66.8 Å². The fourth-order valence-electron chi connectivity index (χ4n) is 18.5. The monoisotopic (exact) mass is 1610 g/mol. The summed E-state index contributed by atoms with van der Waals surface area (Å²) >= 11 is 0. The summed E-state index contributed by atoms with van der Waals surface area (Å²) in [5.41, 5.74) is 40.4. The van der Waals surface area contributed by atoms with Crippen LogP contribution in [0.1, 0.15) is 342 Å². The van der Waals surface area contributed by atoms with Crippen molar-refractivity contribution in [1.82, 2.24) is 0 Å². The Kier molecular flexibility index (Phi) is 22.2. The number of fused-ring (bicyclic) bond motifs is 4. The third kappa shape index (κ3) is 17.5. The molecule has 2 heterocycles. The lowest BCUT2D eigenvalue weighted by molar-refractivity contribution is 0.568. The van der Waals surface area contributed by atoms with Crippen molar-refractivity contribution in [1.29, 1.82) is 0 Å². The van der Waals surface area contributed by atoms with Gasteiger partial charge in [0.25, 0.3) is 6.71 Å².